The van der Waals surface area contributed by atoms with Gasteiger partial charge in [-0.2, -0.15) is 13.2 Å². The van der Waals surface area contributed by atoms with E-state index in [9.17, 15) is 13.2 Å². The molecule has 0 amide bonds. The van der Waals surface area contributed by atoms with E-state index in [1.807, 2.05) is 6.92 Å². The number of halogens is 3. The van der Waals surface area contributed by atoms with Crippen molar-refractivity contribution in [2.24, 2.45) is 0 Å². The standard InChI is InChI=1S/C16H23F3N2/c1-11-10-13(8-9-21(11)3)20-12(2)14-6-4-5-7-15(14)16(17,18)19/h4-7,11-13,20H,8-10H2,1-3H3. The summed E-state index contributed by atoms with van der Waals surface area (Å²) in [4.78, 5) is 2.28. The van der Waals surface area contributed by atoms with E-state index in [1.165, 1.54) is 6.07 Å². The molecule has 3 unspecified atom stereocenters. The maximum absolute atomic E-state index is 13.1. The Hall–Kier alpha value is -1.07. The van der Waals surface area contributed by atoms with Gasteiger partial charge in [-0.05, 0) is 51.9 Å². The average molecular weight is 300 g/mol. The van der Waals surface area contributed by atoms with Gasteiger partial charge in [0.25, 0.3) is 0 Å². The van der Waals surface area contributed by atoms with E-state index in [0.717, 1.165) is 25.5 Å². The summed E-state index contributed by atoms with van der Waals surface area (Å²) >= 11 is 0. The molecule has 0 aliphatic carbocycles. The number of likely N-dealkylation sites (tertiary alicyclic amines) is 1. The molecule has 1 aromatic carbocycles. The molecule has 21 heavy (non-hydrogen) atoms. The van der Waals surface area contributed by atoms with Crippen LogP contribution in [-0.2, 0) is 6.18 Å². The normalized spacial score (nSPS) is 25.8. The molecule has 2 rings (SSSR count). The lowest BCUT2D eigenvalue weighted by Gasteiger charge is -2.37. The molecule has 5 heteroatoms. The third-order valence-electron chi connectivity index (χ3n) is 4.43. The van der Waals surface area contributed by atoms with Crippen LogP contribution in [0.25, 0.3) is 0 Å². The van der Waals surface area contributed by atoms with Crippen LogP contribution in [0.2, 0.25) is 0 Å². The molecule has 1 aliphatic heterocycles. The second-order valence-electron chi connectivity index (χ2n) is 6.02. The SMILES string of the molecule is CC(NC1CCN(C)C(C)C1)c1ccccc1C(F)(F)F. The summed E-state index contributed by atoms with van der Waals surface area (Å²) < 4.78 is 39.2. The van der Waals surface area contributed by atoms with Crippen LogP contribution in [0.15, 0.2) is 24.3 Å². The summed E-state index contributed by atoms with van der Waals surface area (Å²) in [5, 5.41) is 3.37. The molecule has 1 aliphatic rings. The van der Waals surface area contributed by atoms with E-state index in [0.29, 0.717) is 11.6 Å². The van der Waals surface area contributed by atoms with Crippen LogP contribution < -0.4 is 5.32 Å². The maximum Gasteiger partial charge on any atom is 0.416 e. The Kier molecular flexibility index (Phi) is 4.94. The highest BCUT2D eigenvalue weighted by Gasteiger charge is 2.34. The molecule has 0 radical (unpaired) electrons. The van der Waals surface area contributed by atoms with E-state index in [2.05, 4.69) is 24.2 Å². The lowest BCUT2D eigenvalue weighted by Crippen LogP contribution is -2.46. The first-order valence-electron chi connectivity index (χ1n) is 7.41. The largest absolute Gasteiger partial charge is 0.416 e. The van der Waals surface area contributed by atoms with Crippen LogP contribution >= 0.6 is 0 Å². The zero-order valence-electron chi connectivity index (χ0n) is 12.7. The van der Waals surface area contributed by atoms with Crippen molar-refractivity contribution in [2.75, 3.05) is 13.6 Å². The summed E-state index contributed by atoms with van der Waals surface area (Å²) in [6, 6.07) is 6.26. The summed E-state index contributed by atoms with van der Waals surface area (Å²) in [5.41, 5.74) is -0.206. The summed E-state index contributed by atoms with van der Waals surface area (Å²) in [6.45, 7) is 4.95. The topological polar surface area (TPSA) is 15.3 Å². The van der Waals surface area contributed by atoms with Gasteiger partial charge in [-0.3, -0.25) is 0 Å². The van der Waals surface area contributed by atoms with Gasteiger partial charge in [-0.1, -0.05) is 18.2 Å². The summed E-state index contributed by atoms with van der Waals surface area (Å²) in [7, 11) is 2.09. The Morgan fingerprint density at radius 2 is 1.95 bits per heavy atom. The summed E-state index contributed by atoms with van der Waals surface area (Å²) in [5.74, 6) is 0. The van der Waals surface area contributed by atoms with E-state index in [-0.39, 0.29) is 12.1 Å². The molecule has 1 aromatic rings. The van der Waals surface area contributed by atoms with Crippen molar-refractivity contribution < 1.29 is 13.2 Å². The van der Waals surface area contributed by atoms with Gasteiger partial charge in [0.05, 0.1) is 5.56 Å². The van der Waals surface area contributed by atoms with E-state index in [1.54, 1.807) is 12.1 Å². The smallest absolute Gasteiger partial charge is 0.307 e. The molecule has 0 saturated carbocycles. The zero-order valence-corrected chi connectivity index (χ0v) is 12.7. The third kappa shape index (κ3) is 3.98. The summed E-state index contributed by atoms with van der Waals surface area (Å²) in [6.07, 6.45) is -2.36. The highest BCUT2D eigenvalue weighted by atomic mass is 19.4. The quantitative estimate of drug-likeness (QED) is 0.912. The van der Waals surface area contributed by atoms with E-state index in [4.69, 9.17) is 0 Å². The van der Waals surface area contributed by atoms with Crippen molar-refractivity contribution in [1.82, 2.24) is 10.2 Å². The van der Waals surface area contributed by atoms with Gasteiger partial charge in [0.15, 0.2) is 0 Å². The number of alkyl halides is 3. The fraction of sp³-hybridized carbons (Fsp3) is 0.625. The number of benzene rings is 1. The van der Waals surface area contributed by atoms with Crippen molar-refractivity contribution >= 4 is 0 Å². The highest BCUT2D eigenvalue weighted by molar-refractivity contribution is 5.32. The molecule has 1 fully saturated rings. The number of hydrogen-bond acceptors (Lipinski definition) is 2. The monoisotopic (exact) mass is 300 g/mol. The van der Waals surface area contributed by atoms with Crippen molar-refractivity contribution in [2.45, 2.75) is 51.0 Å². The van der Waals surface area contributed by atoms with Crippen LogP contribution in [0.5, 0.6) is 0 Å². The number of hydrogen-bond donors (Lipinski definition) is 1. The zero-order chi connectivity index (χ0) is 15.6. The van der Waals surface area contributed by atoms with Crippen molar-refractivity contribution in [3.8, 4) is 0 Å². The van der Waals surface area contributed by atoms with Gasteiger partial charge in [0.2, 0.25) is 0 Å². The first-order chi connectivity index (χ1) is 9.79. The van der Waals surface area contributed by atoms with Crippen LogP contribution in [0.3, 0.4) is 0 Å². The first kappa shape index (κ1) is 16.3. The van der Waals surface area contributed by atoms with E-state index >= 15 is 0 Å². The fourth-order valence-electron chi connectivity index (χ4n) is 3.02. The predicted octanol–water partition coefficient (Wildman–Crippen LogP) is 3.84. The fourth-order valence-corrected chi connectivity index (χ4v) is 3.02. The molecule has 118 valence electrons. The second kappa shape index (κ2) is 6.36. The van der Waals surface area contributed by atoms with Crippen LogP contribution in [0.4, 0.5) is 13.2 Å². The minimum absolute atomic E-state index is 0.271. The Labute approximate surface area is 124 Å². The van der Waals surface area contributed by atoms with Gasteiger partial charge < -0.3 is 10.2 Å². The molecule has 0 spiro atoms. The van der Waals surface area contributed by atoms with Gasteiger partial charge in [0, 0.05) is 18.1 Å². The van der Waals surface area contributed by atoms with Gasteiger partial charge in [-0.15, -0.1) is 0 Å². The molecule has 1 N–H and O–H groups in total. The number of rotatable bonds is 3. The van der Waals surface area contributed by atoms with E-state index < -0.39 is 11.7 Å². The van der Waals surface area contributed by atoms with Crippen molar-refractivity contribution in [3.05, 3.63) is 35.4 Å². The van der Waals surface area contributed by atoms with Gasteiger partial charge >= 0.3 is 6.18 Å². The number of nitrogens with one attached hydrogen (secondary N) is 1. The van der Waals surface area contributed by atoms with Gasteiger partial charge in [-0.25, -0.2) is 0 Å². The molecule has 0 aromatic heterocycles. The first-order valence-corrected chi connectivity index (χ1v) is 7.41. The lowest BCUT2D eigenvalue weighted by molar-refractivity contribution is -0.138. The highest BCUT2D eigenvalue weighted by Crippen LogP contribution is 2.34. The third-order valence-corrected chi connectivity index (χ3v) is 4.43. The molecule has 0 bridgehead atoms. The molecular formula is C16H23F3N2. The molecule has 2 nitrogen and oxygen atoms in total. The van der Waals surface area contributed by atoms with Crippen molar-refractivity contribution in [3.63, 3.8) is 0 Å². The van der Waals surface area contributed by atoms with Crippen LogP contribution in [0, 0.1) is 0 Å². The predicted molar refractivity (Wildman–Crippen MR) is 78.1 cm³/mol. The Bertz CT molecular complexity index is 473. The molecule has 3 atom stereocenters. The average Bonchev–Trinajstić information content (AvgIpc) is 2.42. The molecular weight excluding hydrogens is 277 g/mol. The Morgan fingerprint density at radius 3 is 2.57 bits per heavy atom. The molecule has 1 saturated heterocycles. The van der Waals surface area contributed by atoms with Crippen LogP contribution in [-0.4, -0.2) is 30.6 Å². The minimum atomic E-state index is -4.30. The maximum atomic E-state index is 13.1. The van der Waals surface area contributed by atoms with Crippen molar-refractivity contribution in [1.29, 1.82) is 0 Å². The molecule has 1 heterocycles. The lowest BCUT2D eigenvalue weighted by atomic mass is 9.95. The van der Waals surface area contributed by atoms with Crippen LogP contribution in [0.1, 0.15) is 43.9 Å². The Balaban J connectivity index is 2.09. The minimum Gasteiger partial charge on any atom is -0.307 e. The number of piperidine rings is 1. The number of nitrogens with zero attached hydrogens (tertiary/aromatic N) is 1. The second-order valence-corrected chi connectivity index (χ2v) is 6.02. The Morgan fingerprint density at radius 1 is 1.29 bits per heavy atom. The van der Waals surface area contributed by atoms with Gasteiger partial charge in [0.1, 0.15) is 0 Å².